The normalized spacial score (nSPS) is 14.0. The zero-order chi connectivity index (χ0) is 37.8. The minimum absolute atomic E-state index is 0.0333. The summed E-state index contributed by atoms with van der Waals surface area (Å²) in [4.78, 5) is 36.8. The molecule has 1 N–H and O–H groups in total. The molecule has 0 fully saturated rings. The lowest BCUT2D eigenvalue weighted by atomic mass is 10.1. The number of likely N-dealkylation sites (N-methyl/N-ethyl adjacent to an activating group) is 1. The highest BCUT2D eigenvalue weighted by atomic mass is 16.6. The minimum atomic E-state index is -0.890. The van der Waals surface area contributed by atoms with Gasteiger partial charge in [0.25, 0.3) is 0 Å². The fourth-order valence-electron chi connectivity index (χ4n) is 4.97. The molecule has 0 aliphatic rings. The van der Waals surface area contributed by atoms with Crippen LogP contribution in [0.3, 0.4) is 0 Å². The molecule has 0 saturated heterocycles. The Morgan fingerprint density at radius 3 is 1.76 bits per heavy atom. The van der Waals surface area contributed by atoms with Crippen LogP contribution in [0.2, 0.25) is 0 Å². The standard InChI is InChI=1S/C43H69NO7/c1-6-8-10-12-14-16-18-20-21-22-24-26-28-30-32-34-42(46)51-39(37-49-36-35-40(43(47)48)44(3,4)5)38-50-41(45)33-31-29-27-25-23-19-17-15-13-11-9-7-2/h8-12,14-18,20-22,24,39-40H,6-7,13,19,23,25-38H2,1-5H3/p+1/b10-8+,11-9+,14-12+,17-15+,18-16+,21-20+,24-22+. The van der Waals surface area contributed by atoms with Gasteiger partial charge in [-0.1, -0.05) is 125 Å². The zero-order valence-electron chi connectivity index (χ0n) is 32.5. The molecule has 0 radical (unpaired) electrons. The van der Waals surface area contributed by atoms with Gasteiger partial charge in [0, 0.05) is 19.3 Å². The van der Waals surface area contributed by atoms with Gasteiger partial charge in [-0.15, -0.1) is 0 Å². The molecular weight excluding hydrogens is 642 g/mol. The number of rotatable bonds is 32. The summed E-state index contributed by atoms with van der Waals surface area (Å²) in [7, 11) is 5.48. The van der Waals surface area contributed by atoms with Crippen molar-refractivity contribution >= 4 is 17.9 Å². The van der Waals surface area contributed by atoms with Crippen molar-refractivity contribution in [3.63, 3.8) is 0 Å². The molecule has 0 bridgehead atoms. The molecule has 8 nitrogen and oxygen atoms in total. The molecular formula is C43H70NO7+. The van der Waals surface area contributed by atoms with Crippen LogP contribution in [0.4, 0.5) is 0 Å². The van der Waals surface area contributed by atoms with Crippen molar-refractivity contribution in [1.82, 2.24) is 0 Å². The molecule has 0 spiro atoms. The predicted octanol–water partition coefficient (Wildman–Crippen LogP) is 9.79. The molecule has 0 saturated carbocycles. The maximum atomic E-state index is 12.6. The Balaban J connectivity index is 4.56. The molecule has 288 valence electrons. The third-order valence-corrected chi connectivity index (χ3v) is 7.92. The number of ether oxygens (including phenoxy) is 3. The van der Waals surface area contributed by atoms with Crippen LogP contribution in [-0.2, 0) is 28.6 Å². The van der Waals surface area contributed by atoms with Crippen molar-refractivity contribution in [3.05, 3.63) is 85.1 Å². The Labute approximate surface area is 310 Å². The van der Waals surface area contributed by atoms with Crippen molar-refractivity contribution in [2.24, 2.45) is 0 Å². The Morgan fingerprint density at radius 2 is 1.14 bits per heavy atom. The Kier molecular flexibility index (Phi) is 31.3. The van der Waals surface area contributed by atoms with Gasteiger partial charge >= 0.3 is 17.9 Å². The minimum Gasteiger partial charge on any atom is -0.477 e. The number of allylic oxidation sites excluding steroid dienone is 14. The number of hydrogen-bond donors (Lipinski definition) is 1. The number of hydrogen-bond acceptors (Lipinski definition) is 6. The Morgan fingerprint density at radius 1 is 0.608 bits per heavy atom. The number of quaternary nitrogens is 1. The molecule has 0 heterocycles. The first kappa shape index (κ1) is 47.5. The SMILES string of the molecule is CC/C=C/C=C/C=C/C=C/C=C/CCCCCC(=O)OC(COCCC(C(=O)O)[N+](C)(C)C)COC(=O)CCCCCCC/C=C/C/C=C/CC. The van der Waals surface area contributed by atoms with Gasteiger partial charge in [-0.05, 0) is 57.8 Å². The smallest absolute Gasteiger partial charge is 0.362 e. The van der Waals surface area contributed by atoms with Crippen LogP contribution in [-0.4, -0.2) is 80.6 Å². The highest BCUT2D eigenvalue weighted by Crippen LogP contribution is 2.12. The summed E-state index contributed by atoms with van der Waals surface area (Å²) in [6.07, 6.45) is 42.0. The Hall–Kier alpha value is -3.49. The molecule has 0 aromatic heterocycles. The van der Waals surface area contributed by atoms with E-state index < -0.39 is 18.1 Å². The first-order valence-electron chi connectivity index (χ1n) is 19.2. The van der Waals surface area contributed by atoms with Crippen LogP contribution in [0.5, 0.6) is 0 Å². The summed E-state index contributed by atoms with van der Waals surface area (Å²) in [5.41, 5.74) is 0. The van der Waals surface area contributed by atoms with E-state index >= 15 is 0 Å². The summed E-state index contributed by atoms with van der Waals surface area (Å²) in [5.74, 6) is -1.56. The van der Waals surface area contributed by atoms with E-state index in [1.54, 1.807) is 0 Å². The lowest BCUT2D eigenvalue weighted by molar-refractivity contribution is -0.887. The second-order valence-electron chi connectivity index (χ2n) is 13.5. The van der Waals surface area contributed by atoms with Crippen LogP contribution >= 0.6 is 0 Å². The molecule has 0 aliphatic carbocycles. The summed E-state index contributed by atoms with van der Waals surface area (Å²) >= 11 is 0. The van der Waals surface area contributed by atoms with Crippen molar-refractivity contribution in [2.45, 2.75) is 129 Å². The average molecular weight is 713 g/mol. The van der Waals surface area contributed by atoms with Crippen LogP contribution in [0.15, 0.2) is 85.1 Å². The fourth-order valence-corrected chi connectivity index (χ4v) is 4.97. The summed E-state index contributed by atoms with van der Waals surface area (Å²) in [5, 5.41) is 9.58. The van der Waals surface area contributed by atoms with Gasteiger partial charge in [0.1, 0.15) is 6.61 Å². The highest BCUT2D eigenvalue weighted by molar-refractivity contribution is 5.72. The van der Waals surface area contributed by atoms with Gasteiger partial charge in [-0.2, -0.15) is 0 Å². The van der Waals surface area contributed by atoms with E-state index in [0.29, 0.717) is 19.3 Å². The summed E-state index contributed by atoms with van der Waals surface area (Å²) in [6.45, 7) is 4.38. The van der Waals surface area contributed by atoms with E-state index in [1.165, 1.54) is 0 Å². The number of esters is 2. The molecule has 0 aromatic carbocycles. The van der Waals surface area contributed by atoms with Crippen molar-refractivity contribution in [3.8, 4) is 0 Å². The molecule has 0 amide bonds. The monoisotopic (exact) mass is 713 g/mol. The number of aliphatic carboxylic acids is 1. The highest BCUT2D eigenvalue weighted by Gasteiger charge is 2.31. The maximum Gasteiger partial charge on any atom is 0.362 e. The second kappa shape index (κ2) is 33.6. The molecule has 51 heavy (non-hydrogen) atoms. The van der Waals surface area contributed by atoms with E-state index in [4.69, 9.17) is 14.2 Å². The van der Waals surface area contributed by atoms with E-state index in [-0.39, 0.29) is 42.7 Å². The van der Waals surface area contributed by atoms with Gasteiger partial charge in [-0.3, -0.25) is 9.59 Å². The summed E-state index contributed by atoms with van der Waals surface area (Å²) in [6, 6.07) is -0.628. The number of carbonyl (C=O) groups is 3. The molecule has 0 aromatic rings. The van der Waals surface area contributed by atoms with E-state index in [1.807, 2.05) is 69.8 Å². The van der Waals surface area contributed by atoms with Crippen LogP contribution in [0.1, 0.15) is 117 Å². The van der Waals surface area contributed by atoms with Gasteiger partial charge in [0.2, 0.25) is 0 Å². The molecule has 2 atom stereocenters. The van der Waals surface area contributed by atoms with E-state index in [9.17, 15) is 19.5 Å². The number of carbonyl (C=O) groups excluding carboxylic acids is 2. The Bertz CT molecular complexity index is 1110. The van der Waals surface area contributed by atoms with E-state index in [2.05, 4.69) is 50.3 Å². The topological polar surface area (TPSA) is 99.1 Å². The first-order valence-corrected chi connectivity index (χ1v) is 19.2. The van der Waals surface area contributed by atoms with Crippen molar-refractivity contribution in [1.29, 1.82) is 0 Å². The number of unbranched alkanes of at least 4 members (excludes halogenated alkanes) is 8. The van der Waals surface area contributed by atoms with Crippen LogP contribution in [0, 0.1) is 0 Å². The number of nitrogens with zero attached hydrogens (tertiary/aromatic N) is 1. The predicted molar refractivity (Wildman–Crippen MR) is 210 cm³/mol. The molecule has 0 aliphatic heterocycles. The zero-order valence-corrected chi connectivity index (χ0v) is 32.5. The van der Waals surface area contributed by atoms with Gasteiger partial charge in [0.15, 0.2) is 12.1 Å². The van der Waals surface area contributed by atoms with Gasteiger partial charge < -0.3 is 23.8 Å². The molecule has 8 heteroatoms. The van der Waals surface area contributed by atoms with Crippen LogP contribution < -0.4 is 0 Å². The molecule has 2 unspecified atom stereocenters. The first-order chi connectivity index (χ1) is 24.6. The molecule has 0 rings (SSSR count). The van der Waals surface area contributed by atoms with Gasteiger partial charge in [-0.25, -0.2) is 4.79 Å². The summed E-state index contributed by atoms with van der Waals surface area (Å²) < 4.78 is 17.1. The maximum absolute atomic E-state index is 12.6. The lowest BCUT2D eigenvalue weighted by Gasteiger charge is -2.31. The van der Waals surface area contributed by atoms with Gasteiger partial charge in [0.05, 0.1) is 34.4 Å². The van der Waals surface area contributed by atoms with Crippen molar-refractivity contribution < 1.29 is 38.2 Å². The largest absolute Gasteiger partial charge is 0.477 e. The number of carboxylic acids is 1. The van der Waals surface area contributed by atoms with Crippen LogP contribution in [0.25, 0.3) is 0 Å². The number of carboxylic acid groups (broad SMARTS) is 1. The fraction of sp³-hybridized carbons (Fsp3) is 0.605. The lowest BCUT2D eigenvalue weighted by Crippen LogP contribution is -2.50. The van der Waals surface area contributed by atoms with Crippen molar-refractivity contribution in [2.75, 3.05) is 41.0 Å². The third-order valence-electron chi connectivity index (χ3n) is 7.92. The third kappa shape index (κ3) is 32.2. The average Bonchev–Trinajstić information content (AvgIpc) is 3.08. The van der Waals surface area contributed by atoms with E-state index in [0.717, 1.165) is 77.0 Å². The quantitative estimate of drug-likeness (QED) is 0.0244. The second-order valence-corrected chi connectivity index (χ2v) is 13.5.